The summed E-state index contributed by atoms with van der Waals surface area (Å²) in [5.74, 6) is 6.42. The van der Waals surface area contributed by atoms with E-state index in [1.165, 1.54) is 0 Å². The molecule has 0 amide bonds. The van der Waals surface area contributed by atoms with E-state index in [9.17, 15) is 0 Å². The van der Waals surface area contributed by atoms with Gasteiger partial charge in [0.25, 0.3) is 0 Å². The van der Waals surface area contributed by atoms with Crippen molar-refractivity contribution in [3.63, 3.8) is 0 Å². The molecule has 1 unspecified atom stereocenters. The molecule has 0 aliphatic heterocycles. The molecule has 102 valence electrons. The van der Waals surface area contributed by atoms with E-state index in [0.717, 1.165) is 18.4 Å². The Hall–Kier alpha value is -1.30. The molecule has 0 saturated carbocycles. The molecular weight excluding hydrogens is 248 g/mol. The highest BCUT2D eigenvalue weighted by Gasteiger charge is 2.17. The molecule has 0 saturated heterocycles. The fraction of sp³-hybridized carbons (Fsp3) is 0.412. The molecule has 1 rings (SSSR count). The fourth-order valence-electron chi connectivity index (χ4n) is 1.56. The van der Waals surface area contributed by atoms with E-state index >= 15 is 0 Å². The highest BCUT2D eigenvalue weighted by Crippen LogP contribution is 2.09. The van der Waals surface area contributed by atoms with Crippen LogP contribution in [0.25, 0.3) is 0 Å². The van der Waals surface area contributed by atoms with Gasteiger partial charge in [0.05, 0.1) is 0 Å². The number of rotatable bonds is 5. The Balaban J connectivity index is 2.77. The Bertz CT molecular complexity index is 446. The zero-order valence-corrected chi connectivity index (χ0v) is 13.4. The number of hydrogen-bond acceptors (Lipinski definition) is 1. The molecule has 0 radical (unpaired) electrons. The zero-order valence-electron chi connectivity index (χ0n) is 12.4. The highest BCUT2D eigenvalue weighted by atomic mass is 28.4. The van der Waals surface area contributed by atoms with Crippen molar-refractivity contribution >= 4 is 8.32 Å². The maximum Gasteiger partial charge on any atom is 0.185 e. The minimum atomic E-state index is -1.57. The summed E-state index contributed by atoms with van der Waals surface area (Å²) in [4.78, 5) is 0. The van der Waals surface area contributed by atoms with E-state index in [0.29, 0.717) is 0 Å². The molecule has 0 N–H and O–H groups in total. The van der Waals surface area contributed by atoms with Crippen LogP contribution < -0.4 is 0 Å². The monoisotopic (exact) mass is 272 g/mol. The van der Waals surface area contributed by atoms with Gasteiger partial charge >= 0.3 is 0 Å². The molecule has 0 aliphatic rings. The van der Waals surface area contributed by atoms with E-state index in [1.807, 2.05) is 30.3 Å². The number of hydrogen-bond donors (Lipinski definition) is 0. The van der Waals surface area contributed by atoms with Gasteiger partial charge in [-0.2, -0.15) is 0 Å². The molecule has 0 bridgehead atoms. The van der Waals surface area contributed by atoms with Crippen LogP contribution in [-0.2, 0) is 4.43 Å². The first-order chi connectivity index (χ1) is 9.01. The molecular formula is C17H24OSi. The Morgan fingerprint density at radius 3 is 2.47 bits per heavy atom. The smallest absolute Gasteiger partial charge is 0.185 e. The van der Waals surface area contributed by atoms with Crippen molar-refractivity contribution in [2.45, 2.75) is 45.5 Å². The highest BCUT2D eigenvalue weighted by molar-refractivity contribution is 6.69. The average Bonchev–Trinajstić information content (AvgIpc) is 2.36. The lowest BCUT2D eigenvalue weighted by molar-refractivity contribution is 0.298. The SMILES string of the molecule is CCC/C=C/C(C#Cc1ccccc1)O[Si](C)(C)C. The maximum absolute atomic E-state index is 6.08. The molecule has 1 nitrogen and oxygen atoms in total. The van der Waals surface area contributed by atoms with Crippen molar-refractivity contribution in [1.82, 2.24) is 0 Å². The van der Waals surface area contributed by atoms with Crippen LogP contribution in [0.3, 0.4) is 0 Å². The van der Waals surface area contributed by atoms with Gasteiger partial charge in [0.2, 0.25) is 0 Å². The summed E-state index contributed by atoms with van der Waals surface area (Å²) < 4.78 is 6.08. The second-order valence-corrected chi connectivity index (χ2v) is 9.96. The third-order valence-corrected chi connectivity index (χ3v) is 3.34. The first kappa shape index (κ1) is 15.8. The minimum Gasteiger partial charge on any atom is -0.401 e. The van der Waals surface area contributed by atoms with Crippen LogP contribution in [0.15, 0.2) is 42.5 Å². The standard InChI is InChI=1S/C17H24OSi/c1-5-6-8-13-17(18-19(2,3)4)15-14-16-11-9-7-10-12-16/h7-13,17H,5-6H2,1-4H3/b13-8+. The largest absolute Gasteiger partial charge is 0.401 e. The number of unbranched alkanes of at least 4 members (excludes halogenated alkanes) is 1. The summed E-state index contributed by atoms with van der Waals surface area (Å²) in [7, 11) is -1.57. The summed E-state index contributed by atoms with van der Waals surface area (Å²) in [5.41, 5.74) is 1.04. The second-order valence-electron chi connectivity index (χ2n) is 5.50. The van der Waals surface area contributed by atoms with Gasteiger partial charge in [0, 0.05) is 5.56 Å². The van der Waals surface area contributed by atoms with Crippen LogP contribution in [0.5, 0.6) is 0 Å². The molecule has 2 heteroatoms. The average molecular weight is 272 g/mol. The van der Waals surface area contributed by atoms with Gasteiger partial charge in [0.1, 0.15) is 6.10 Å². The summed E-state index contributed by atoms with van der Waals surface area (Å²) in [6.07, 6.45) is 6.42. The third-order valence-electron chi connectivity index (χ3n) is 2.38. The van der Waals surface area contributed by atoms with Crippen LogP contribution in [-0.4, -0.2) is 14.4 Å². The third kappa shape index (κ3) is 7.66. The lowest BCUT2D eigenvalue weighted by Gasteiger charge is -2.20. The Morgan fingerprint density at radius 2 is 1.89 bits per heavy atom. The Morgan fingerprint density at radius 1 is 1.21 bits per heavy atom. The van der Waals surface area contributed by atoms with E-state index < -0.39 is 8.32 Å². The van der Waals surface area contributed by atoms with Crippen LogP contribution in [0.4, 0.5) is 0 Å². The molecule has 0 aliphatic carbocycles. The number of allylic oxidation sites excluding steroid dienone is 1. The van der Waals surface area contributed by atoms with Crippen LogP contribution >= 0.6 is 0 Å². The topological polar surface area (TPSA) is 9.23 Å². The zero-order chi connectivity index (χ0) is 14.1. The molecule has 1 aromatic carbocycles. The van der Waals surface area contributed by atoms with Crippen molar-refractivity contribution < 1.29 is 4.43 Å². The first-order valence-corrected chi connectivity index (χ1v) is 10.3. The van der Waals surface area contributed by atoms with E-state index in [2.05, 4.69) is 50.6 Å². The maximum atomic E-state index is 6.08. The fourth-order valence-corrected chi connectivity index (χ4v) is 2.46. The molecule has 0 spiro atoms. The molecule has 1 aromatic rings. The van der Waals surface area contributed by atoms with Crippen LogP contribution in [0.2, 0.25) is 19.6 Å². The van der Waals surface area contributed by atoms with Crippen molar-refractivity contribution in [3.8, 4) is 11.8 Å². The molecule has 0 heterocycles. The van der Waals surface area contributed by atoms with Crippen LogP contribution in [0.1, 0.15) is 25.3 Å². The Kier molecular flexibility index (Phi) is 6.62. The summed E-state index contributed by atoms with van der Waals surface area (Å²) in [6.45, 7) is 8.75. The van der Waals surface area contributed by atoms with Gasteiger partial charge in [0.15, 0.2) is 8.32 Å². The molecule has 0 aromatic heterocycles. The van der Waals surface area contributed by atoms with Crippen LogP contribution in [0, 0.1) is 11.8 Å². The summed E-state index contributed by atoms with van der Waals surface area (Å²) >= 11 is 0. The summed E-state index contributed by atoms with van der Waals surface area (Å²) in [5, 5.41) is 0. The molecule has 0 fully saturated rings. The van der Waals surface area contributed by atoms with Gasteiger partial charge in [-0.15, -0.1) is 0 Å². The van der Waals surface area contributed by atoms with Crippen molar-refractivity contribution in [1.29, 1.82) is 0 Å². The predicted octanol–water partition coefficient (Wildman–Crippen LogP) is 4.61. The van der Waals surface area contributed by atoms with E-state index in [-0.39, 0.29) is 6.10 Å². The van der Waals surface area contributed by atoms with Gasteiger partial charge in [-0.05, 0) is 44.3 Å². The van der Waals surface area contributed by atoms with Crippen molar-refractivity contribution in [2.75, 3.05) is 0 Å². The lowest BCUT2D eigenvalue weighted by atomic mass is 10.2. The molecule has 1 atom stereocenters. The number of benzene rings is 1. The summed E-state index contributed by atoms with van der Waals surface area (Å²) in [6, 6.07) is 10.1. The Labute approximate surface area is 118 Å². The van der Waals surface area contributed by atoms with Gasteiger partial charge < -0.3 is 4.43 Å². The molecule has 19 heavy (non-hydrogen) atoms. The van der Waals surface area contributed by atoms with E-state index in [1.54, 1.807) is 0 Å². The normalized spacial score (nSPS) is 13.1. The second kappa shape index (κ2) is 7.99. The van der Waals surface area contributed by atoms with Gasteiger partial charge in [-0.3, -0.25) is 0 Å². The van der Waals surface area contributed by atoms with Crippen molar-refractivity contribution in [2.24, 2.45) is 0 Å². The predicted molar refractivity (Wildman–Crippen MR) is 85.6 cm³/mol. The minimum absolute atomic E-state index is 0.0848. The van der Waals surface area contributed by atoms with E-state index in [4.69, 9.17) is 4.43 Å². The van der Waals surface area contributed by atoms with Gasteiger partial charge in [-0.25, -0.2) is 0 Å². The first-order valence-electron chi connectivity index (χ1n) is 6.92. The van der Waals surface area contributed by atoms with Crippen molar-refractivity contribution in [3.05, 3.63) is 48.0 Å². The van der Waals surface area contributed by atoms with Gasteiger partial charge in [-0.1, -0.05) is 49.5 Å². The quantitative estimate of drug-likeness (QED) is 0.432. The lowest BCUT2D eigenvalue weighted by Crippen LogP contribution is -2.30.